The van der Waals surface area contributed by atoms with Gasteiger partial charge in [0.2, 0.25) is 0 Å². The van der Waals surface area contributed by atoms with E-state index >= 15 is 0 Å². The lowest BCUT2D eigenvalue weighted by Gasteiger charge is -2.33. The van der Waals surface area contributed by atoms with Crippen molar-refractivity contribution >= 4 is 11.9 Å². The molecular weight excluding hydrogens is 322 g/mol. The highest BCUT2D eigenvalue weighted by atomic mass is 16.5. The fraction of sp³-hybridized carbons (Fsp3) is 0.667. The summed E-state index contributed by atoms with van der Waals surface area (Å²) in [5.74, 6) is -0.0693. The Morgan fingerprint density at radius 1 is 1.40 bits per heavy atom. The summed E-state index contributed by atoms with van der Waals surface area (Å²) in [6, 6.07) is 0. The van der Waals surface area contributed by atoms with Crippen LogP contribution in [0.5, 0.6) is 0 Å². The number of ether oxygens (including phenoxy) is 2. The van der Waals surface area contributed by atoms with E-state index in [9.17, 15) is 9.59 Å². The van der Waals surface area contributed by atoms with E-state index in [4.69, 9.17) is 9.47 Å². The maximum absolute atomic E-state index is 12.5. The van der Waals surface area contributed by atoms with E-state index in [1.165, 1.54) is 7.11 Å². The minimum Gasteiger partial charge on any atom is -0.465 e. The van der Waals surface area contributed by atoms with Crippen molar-refractivity contribution in [1.29, 1.82) is 0 Å². The molecule has 1 fully saturated rings. The number of esters is 1. The Labute approximate surface area is 149 Å². The van der Waals surface area contributed by atoms with Crippen LogP contribution in [0.2, 0.25) is 0 Å². The molecule has 140 valence electrons. The molecule has 2 heterocycles. The number of aromatic amines is 1. The van der Waals surface area contributed by atoms with Gasteiger partial charge in [-0.3, -0.25) is 9.69 Å². The van der Waals surface area contributed by atoms with E-state index < -0.39 is 5.97 Å². The first kappa shape index (κ1) is 19.5. The number of nitrogens with zero attached hydrogens (tertiary/aromatic N) is 1. The number of H-pyrrole nitrogens is 1. The Hall–Kier alpha value is -1.86. The molecule has 1 aromatic rings. The van der Waals surface area contributed by atoms with Crippen LogP contribution in [-0.4, -0.2) is 67.8 Å². The van der Waals surface area contributed by atoms with Crippen LogP contribution < -0.4 is 5.32 Å². The lowest BCUT2D eigenvalue weighted by atomic mass is 10.1. The Kier molecular flexibility index (Phi) is 6.61. The number of nitrogens with one attached hydrogen (secondary N) is 2. The predicted molar refractivity (Wildman–Crippen MR) is 95.0 cm³/mol. The standard InChI is InChI=1S/C18H29N3O4/c1-11(2)9-21-6-7-25-14(10-21)8-19-17(22)16-12(3)15(13(4)20-16)18(23)24-5/h11,14,20H,6-10H2,1-5H3,(H,19,22)/t14-/m0/s1. The summed E-state index contributed by atoms with van der Waals surface area (Å²) < 4.78 is 10.5. The summed E-state index contributed by atoms with van der Waals surface area (Å²) in [5.41, 5.74) is 2.05. The number of amides is 1. The fourth-order valence-corrected chi connectivity index (χ4v) is 3.27. The Balaban J connectivity index is 1.95. The van der Waals surface area contributed by atoms with Crippen LogP contribution in [0, 0.1) is 19.8 Å². The van der Waals surface area contributed by atoms with Gasteiger partial charge in [-0.05, 0) is 25.3 Å². The largest absolute Gasteiger partial charge is 0.465 e. The topological polar surface area (TPSA) is 83.7 Å². The first-order valence-electron chi connectivity index (χ1n) is 8.73. The van der Waals surface area contributed by atoms with Crippen molar-refractivity contribution in [3.05, 3.63) is 22.5 Å². The van der Waals surface area contributed by atoms with E-state index in [1.807, 2.05) is 0 Å². The molecule has 1 atom stereocenters. The van der Waals surface area contributed by atoms with Gasteiger partial charge in [-0.15, -0.1) is 0 Å². The highest BCUT2D eigenvalue weighted by molar-refractivity contribution is 6.00. The number of aromatic nitrogens is 1. The number of hydrogen-bond donors (Lipinski definition) is 2. The molecule has 0 radical (unpaired) electrons. The second-order valence-electron chi connectivity index (χ2n) is 6.97. The third-order valence-corrected chi connectivity index (χ3v) is 4.39. The summed E-state index contributed by atoms with van der Waals surface area (Å²) in [7, 11) is 1.33. The van der Waals surface area contributed by atoms with Crippen molar-refractivity contribution in [2.75, 3.05) is 39.9 Å². The third kappa shape index (κ3) is 4.83. The smallest absolute Gasteiger partial charge is 0.339 e. The lowest BCUT2D eigenvalue weighted by Crippen LogP contribution is -2.48. The second kappa shape index (κ2) is 8.49. The van der Waals surface area contributed by atoms with Crippen molar-refractivity contribution < 1.29 is 19.1 Å². The van der Waals surface area contributed by atoms with Gasteiger partial charge in [0.15, 0.2) is 0 Å². The lowest BCUT2D eigenvalue weighted by molar-refractivity contribution is -0.0295. The van der Waals surface area contributed by atoms with Crippen LogP contribution in [0.4, 0.5) is 0 Å². The minimum atomic E-state index is -0.440. The molecule has 0 aromatic carbocycles. The van der Waals surface area contributed by atoms with E-state index in [-0.39, 0.29) is 12.0 Å². The minimum absolute atomic E-state index is 0.0205. The average molecular weight is 351 g/mol. The van der Waals surface area contributed by atoms with E-state index in [2.05, 4.69) is 29.0 Å². The Morgan fingerprint density at radius 3 is 2.76 bits per heavy atom. The van der Waals surface area contributed by atoms with Gasteiger partial charge in [0.25, 0.3) is 5.91 Å². The molecule has 7 nitrogen and oxygen atoms in total. The van der Waals surface area contributed by atoms with Gasteiger partial charge in [-0.2, -0.15) is 0 Å². The van der Waals surface area contributed by atoms with Gasteiger partial charge < -0.3 is 19.8 Å². The fourth-order valence-electron chi connectivity index (χ4n) is 3.27. The van der Waals surface area contributed by atoms with Crippen molar-refractivity contribution in [2.24, 2.45) is 5.92 Å². The van der Waals surface area contributed by atoms with Crippen molar-refractivity contribution in [3.63, 3.8) is 0 Å². The normalized spacial score (nSPS) is 18.4. The molecule has 1 aromatic heterocycles. The van der Waals surface area contributed by atoms with Gasteiger partial charge >= 0.3 is 5.97 Å². The molecule has 1 amide bonds. The summed E-state index contributed by atoms with van der Waals surface area (Å²) >= 11 is 0. The second-order valence-corrected chi connectivity index (χ2v) is 6.97. The van der Waals surface area contributed by atoms with Crippen LogP contribution in [-0.2, 0) is 9.47 Å². The predicted octanol–water partition coefficient (Wildman–Crippen LogP) is 1.50. The summed E-state index contributed by atoms with van der Waals surface area (Å²) in [4.78, 5) is 29.7. The van der Waals surface area contributed by atoms with Crippen molar-refractivity contribution in [3.8, 4) is 0 Å². The van der Waals surface area contributed by atoms with Gasteiger partial charge in [-0.1, -0.05) is 13.8 Å². The number of carbonyl (C=O) groups is 2. The Morgan fingerprint density at radius 2 is 2.12 bits per heavy atom. The molecule has 25 heavy (non-hydrogen) atoms. The van der Waals surface area contributed by atoms with Gasteiger partial charge in [0, 0.05) is 31.9 Å². The van der Waals surface area contributed by atoms with Crippen molar-refractivity contribution in [1.82, 2.24) is 15.2 Å². The Bertz CT molecular complexity index is 624. The maximum atomic E-state index is 12.5. The van der Waals surface area contributed by atoms with Crippen LogP contribution in [0.25, 0.3) is 0 Å². The summed E-state index contributed by atoms with van der Waals surface area (Å²) in [6.07, 6.45) is -0.0205. The van der Waals surface area contributed by atoms with Crippen LogP contribution >= 0.6 is 0 Å². The van der Waals surface area contributed by atoms with Crippen LogP contribution in [0.1, 0.15) is 46.0 Å². The van der Waals surface area contributed by atoms with E-state index in [1.54, 1.807) is 13.8 Å². The molecule has 2 N–H and O–H groups in total. The number of methoxy groups -OCH3 is 1. The number of hydrogen-bond acceptors (Lipinski definition) is 5. The molecule has 0 aliphatic carbocycles. The zero-order valence-corrected chi connectivity index (χ0v) is 15.8. The molecule has 1 saturated heterocycles. The number of rotatable bonds is 6. The van der Waals surface area contributed by atoms with Crippen LogP contribution in [0.3, 0.4) is 0 Å². The van der Waals surface area contributed by atoms with Gasteiger partial charge in [0.1, 0.15) is 5.69 Å². The van der Waals surface area contributed by atoms with Crippen LogP contribution in [0.15, 0.2) is 0 Å². The number of carbonyl (C=O) groups excluding carboxylic acids is 2. The molecule has 0 spiro atoms. The first-order valence-corrected chi connectivity index (χ1v) is 8.73. The molecule has 0 unspecified atom stereocenters. The zero-order chi connectivity index (χ0) is 18.6. The highest BCUT2D eigenvalue weighted by Gasteiger charge is 2.25. The SMILES string of the molecule is COC(=O)c1c(C)[nH]c(C(=O)NC[C@H]2CN(CC(C)C)CCO2)c1C. The molecule has 0 saturated carbocycles. The van der Waals surface area contributed by atoms with Gasteiger partial charge in [0.05, 0.1) is 25.4 Å². The van der Waals surface area contributed by atoms with E-state index in [0.717, 1.165) is 19.6 Å². The molecule has 1 aliphatic heterocycles. The molecule has 1 aliphatic rings. The maximum Gasteiger partial charge on any atom is 0.339 e. The third-order valence-electron chi connectivity index (χ3n) is 4.39. The average Bonchev–Trinajstić information content (AvgIpc) is 2.86. The zero-order valence-electron chi connectivity index (χ0n) is 15.8. The highest BCUT2D eigenvalue weighted by Crippen LogP contribution is 2.19. The molecule has 2 rings (SSSR count). The molecular formula is C18H29N3O4. The molecule has 0 bridgehead atoms. The quantitative estimate of drug-likeness (QED) is 0.759. The first-order chi connectivity index (χ1) is 11.8. The molecule has 7 heteroatoms. The van der Waals surface area contributed by atoms with Gasteiger partial charge in [-0.25, -0.2) is 4.79 Å². The monoisotopic (exact) mass is 351 g/mol. The summed E-state index contributed by atoms with van der Waals surface area (Å²) in [5, 5.41) is 2.91. The summed E-state index contributed by atoms with van der Waals surface area (Å²) in [6.45, 7) is 11.8. The van der Waals surface area contributed by atoms with Crippen molar-refractivity contribution in [2.45, 2.75) is 33.8 Å². The number of morpholine rings is 1. The number of aryl methyl sites for hydroxylation is 1. The van der Waals surface area contributed by atoms with E-state index in [0.29, 0.717) is 41.6 Å².